The maximum absolute atomic E-state index is 12.3. The number of carbonyl (C=O) groups is 2. The molecule has 1 atom stereocenters. The Morgan fingerprint density at radius 2 is 1.42 bits per heavy atom. The van der Waals surface area contributed by atoms with E-state index in [-0.39, 0.29) is 12.0 Å². The van der Waals surface area contributed by atoms with Crippen molar-refractivity contribution < 1.29 is 19.1 Å². The molecule has 0 amide bonds. The molecule has 0 radical (unpaired) electrons. The van der Waals surface area contributed by atoms with E-state index in [1.807, 2.05) is 20.8 Å². The summed E-state index contributed by atoms with van der Waals surface area (Å²) in [7, 11) is 0. The molecule has 142 valence electrons. The second-order valence-electron chi connectivity index (χ2n) is 7.48. The molecule has 0 bridgehead atoms. The highest BCUT2D eigenvalue weighted by atomic mass is 16.6. The van der Waals surface area contributed by atoms with Gasteiger partial charge in [0.1, 0.15) is 6.10 Å². The molecule has 0 fully saturated rings. The van der Waals surface area contributed by atoms with Crippen LogP contribution >= 0.6 is 0 Å². The van der Waals surface area contributed by atoms with Gasteiger partial charge in [0.15, 0.2) is 5.41 Å². The zero-order chi connectivity index (χ0) is 18.6. The fourth-order valence-electron chi connectivity index (χ4n) is 2.46. The van der Waals surface area contributed by atoms with Crippen LogP contribution in [-0.4, -0.2) is 24.6 Å². The van der Waals surface area contributed by atoms with Gasteiger partial charge in [0.25, 0.3) is 0 Å². The van der Waals surface area contributed by atoms with Crippen LogP contribution in [-0.2, 0) is 19.1 Å². The van der Waals surface area contributed by atoms with Crippen molar-refractivity contribution in [2.45, 2.75) is 99.0 Å². The van der Waals surface area contributed by atoms with E-state index in [0.717, 1.165) is 19.3 Å². The maximum atomic E-state index is 12.3. The third-order valence-corrected chi connectivity index (χ3v) is 4.41. The molecule has 0 N–H and O–H groups in total. The Kier molecular flexibility index (Phi) is 11.8. The van der Waals surface area contributed by atoms with Crippen molar-refractivity contribution in [3.05, 3.63) is 0 Å². The lowest BCUT2D eigenvalue weighted by Crippen LogP contribution is -2.39. The minimum atomic E-state index is -1.25. The van der Waals surface area contributed by atoms with Gasteiger partial charge in [-0.2, -0.15) is 0 Å². The van der Waals surface area contributed by atoms with Crippen molar-refractivity contribution in [3.63, 3.8) is 0 Å². The Morgan fingerprint density at radius 3 is 1.92 bits per heavy atom. The SMILES string of the molecule is CCCCCCCCCOC(=O)C(C)(C)C(=O)OC(CC)C(C)C. The molecule has 0 saturated carbocycles. The molecule has 0 aliphatic carbocycles. The average Bonchev–Trinajstić information content (AvgIpc) is 2.53. The zero-order valence-electron chi connectivity index (χ0n) is 16.7. The molecule has 1 unspecified atom stereocenters. The van der Waals surface area contributed by atoms with Crippen LogP contribution in [0, 0.1) is 11.3 Å². The highest BCUT2D eigenvalue weighted by molar-refractivity contribution is 5.99. The van der Waals surface area contributed by atoms with Crippen LogP contribution in [0.4, 0.5) is 0 Å². The summed E-state index contributed by atoms with van der Waals surface area (Å²) in [5.74, 6) is -0.747. The second kappa shape index (κ2) is 12.3. The topological polar surface area (TPSA) is 52.6 Å². The highest BCUT2D eigenvalue weighted by Crippen LogP contribution is 2.23. The van der Waals surface area contributed by atoms with Gasteiger partial charge >= 0.3 is 11.9 Å². The van der Waals surface area contributed by atoms with Crippen molar-refractivity contribution in [2.24, 2.45) is 11.3 Å². The Balaban J connectivity index is 4.12. The van der Waals surface area contributed by atoms with E-state index in [1.54, 1.807) is 13.8 Å². The summed E-state index contributed by atoms with van der Waals surface area (Å²) < 4.78 is 10.8. The number of ether oxygens (including phenoxy) is 2. The molecule has 0 rings (SSSR count). The summed E-state index contributed by atoms with van der Waals surface area (Å²) in [5.41, 5.74) is -1.25. The normalized spacial score (nSPS) is 13.0. The zero-order valence-corrected chi connectivity index (χ0v) is 16.7. The van der Waals surface area contributed by atoms with Crippen molar-refractivity contribution >= 4 is 11.9 Å². The van der Waals surface area contributed by atoms with Crippen molar-refractivity contribution in [3.8, 4) is 0 Å². The summed E-state index contributed by atoms with van der Waals surface area (Å²) in [6.45, 7) is 11.7. The number of esters is 2. The van der Waals surface area contributed by atoms with Crippen LogP contribution in [0.3, 0.4) is 0 Å². The Bertz CT molecular complexity index is 361. The lowest BCUT2D eigenvalue weighted by molar-refractivity contribution is -0.174. The van der Waals surface area contributed by atoms with E-state index in [1.165, 1.54) is 32.1 Å². The minimum Gasteiger partial charge on any atom is -0.465 e. The van der Waals surface area contributed by atoms with Gasteiger partial charge in [0.05, 0.1) is 6.61 Å². The maximum Gasteiger partial charge on any atom is 0.323 e. The van der Waals surface area contributed by atoms with Gasteiger partial charge in [-0.15, -0.1) is 0 Å². The van der Waals surface area contributed by atoms with Gasteiger partial charge in [-0.3, -0.25) is 9.59 Å². The second-order valence-corrected chi connectivity index (χ2v) is 7.48. The largest absolute Gasteiger partial charge is 0.465 e. The van der Waals surface area contributed by atoms with Crippen LogP contribution in [0.25, 0.3) is 0 Å². The third kappa shape index (κ3) is 8.70. The predicted octanol–water partition coefficient (Wildman–Crippen LogP) is 5.28. The van der Waals surface area contributed by atoms with Crippen LogP contribution in [0.2, 0.25) is 0 Å². The van der Waals surface area contributed by atoms with E-state index in [2.05, 4.69) is 6.92 Å². The summed E-state index contributed by atoms with van der Waals surface area (Å²) in [6.07, 6.45) is 8.74. The van der Waals surface area contributed by atoms with Crippen LogP contribution in [0.15, 0.2) is 0 Å². The van der Waals surface area contributed by atoms with Gasteiger partial charge in [-0.1, -0.05) is 66.2 Å². The Hall–Kier alpha value is -1.06. The average molecular weight is 343 g/mol. The fraction of sp³-hybridized carbons (Fsp3) is 0.900. The Labute approximate surface area is 148 Å². The Morgan fingerprint density at radius 1 is 0.875 bits per heavy atom. The first kappa shape index (κ1) is 22.9. The number of unbranched alkanes of at least 4 members (excludes halogenated alkanes) is 6. The third-order valence-electron chi connectivity index (χ3n) is 4.41. The molecule has 0 aliphatic rings. The summed E-state index contributed by atoms with van der Waals surface area (Å²) in [6, 6.07) is 0. The van der Waals surface area contributed by atoms with Gasteiger partial charge < -0.3 is 9.47 Å². The van der Waals surface area contributed by atoms with E-state index in [4.69, 9.17) is 9.47 Å². The summed E-state index contributed by atoms with van der Waals surface area (Å²) >= 11 is 0. The smallest absolute Gasteiger partial charge is 0.323 e. The molecule has 0 aromatic rings. The molecule has 24 heavy (non-hydrogen) atoms. The molecule has 4 heteroatoms. The van der Waals surface area contributed by atoms with Gasteiger partial charge in [0.2, 0.25) is 0 Å². The lowest BCUT2D eigenvalue weighted by Gasteiger charge is -2.26. The van der Waals surface area contributed by atoms with Crippen LogP contribution < -0.4 is 0 Å². The molecule has 0 aliphatic heterocycles. The molecule has 0 aromatic carbocycles. The monoisotopic (exact) mass is 342 g/mol. The van der Waals surface area contributed by atoms with Crippen LogP contribution in [0.5, 0.6) is 0 Å². The molecular formula is C20H38O4. The first-order valence-electron chi connectivity index (χ1n) is 9.65. The van der Waals surface area contributed by atoms with Gasteiger partial charge in [0, 0.05) is 0 Å². The highest BCUT2D eigenvalue weighted by Gasteiger charge is 2.40. The van der Waals surface area contributed by atoms with Gasteiger partial charge in [-0.05, 0) is 32.6 Å². The molecule has 4 nitrogen and oxygen atoms in total. The fourth-order valence-corrected chi connectivity index (χ4v) is 2.46. The van der Waals surface area contributed by atoms with E-state index in [0.29, 0.717) is 6.61 Å². The van der Waals surface area contributed by atoms with E-state index >= 15 is 0 Å². The molecule has 0 aromatic heterocycles. The van der Waals surface area contributed by atoms with E-state index in [9.17, 15) is 9.59 Å². The number of hydrogen-bond acceptors (Lipinski definition) is 4. The number of rotatable bonds is 13. The summed E-state index contributed by atoms with van der Waals surface area (Å²) in [5, 5.41) is 0. The predicted molar refractivity (Wildman–Crippen MR) is 97.7 cm³/mol. The first-order valence-corrected chi connectivity index (χ1v) is 9.65. The molecule has 0 saturated heterocycles. The van der Waals surface area contributed by atoms with Crippen molar-refractivity contribution in [1.82, 2.24) is 0 Å². The molecular weight excluding hydrogens is 304 g/mol. The van der Waals surface area contributed by atoms with Crippen LogP contribution in [0.1, 0.15) is 92.9 Å². The minimum absolute atomic E-state index is 0.160. The number of carbonyl (C=O) groups excluding carboxylic acids is 2. The summed E-state index contributed by atoms with van der Waals surface area (Å²) in [4.78, 5) is 24.5. The first-order chi connectivity index (χ1) is 11.3. The van der Waals surface area contributed by atoms with Gasteiger partial charge in [-0.25, -0.2) is 0 Å². The molecule has 0 heterocycles. The van der Waals surface area contributed by atoms with E-state index < -0.39 is 17.4 Å². The van der Waals surface area contributed by atoms with Crippen molar-refractivity contribution in [1.29, 1.82) is 0 Å². The van der Waals surface area contributed by atoms with Crippen molar-refractivity contribution in [2.75, 3.05) is 6.61 Å². The quantitative estimate of drug-likeness (QED) is 0.259. The lowest BCUT2D eigenvalue weighted by atomic mass is 9.93. The molecule has 0 spiro atoms. The standard InChI is InChI=1S/C20H38O4/c1-7-9-10-11-12-13-14-15-23-18(21)20(5,6)19(22)24-17(8-2)16(3)4/h16-17H,7-15H2,1-6H3. The number of hydrogen-bond donors (Lipinski definition) is 0.